The van der Waals surface area contributed by atoms with Gasteiger partial charge in [0.05, 0.1) is 24.5 Å². The van der Waals surface area contributed by atoms with Gasteiger partial charge in [-0.2, -0.15) is 5.10 Å². The van der Waals surface area contributed by atoms with E-state index < -0.39 is 0 Å². The molecule has 6 heteroatoms. The summed E-state index contributed by atoms with van der Waals surface area (Å²) in [6.45, 7) is 1.55. The van der Waals surface area contributed by atoms with Gasteiger partial charge in [0.25, 0.3) is 5.91 Å². The topological polar surface area (TPSA) is 71.9 Å². The highest BCUT2D eigenvalue weighted by Crippen LogP contribution is 2.17. The quantitative estimate of drug-likeness (QED) is 0.774. The number of H-pyrrole nitrogens is 1. The fourth-order valence-corrected chi connectivity index (χ4v) is 3.08. The van der Waals surface area contributed by atoms with E-state index in [1.54, 1.807) is 6.20 Å². The Bertz CT molecular complexity index is 812. The van der Waals surface area contributed by atoms with Gasteiger partial charge >= 0.3 is 0 Å². The van der Waals surface area contributed by atoms with Gasteiger partial charge in [0.2, 0.25) is 0 Å². The predicted octanol–water partition coefficient (Wildman–Crippen LogP) is 3.19. The van der Waals surface area contributed by atoms with Crippen molar-refractivity contribution in [3.05, 3.63) is 48.4 Å². The molecule has 0 saturated carbocycles. The van der Waals surface area contributed by atoms with Crippen molar-refractivity contribution in [3.8, 4) is 0 Å². The second-order valence-corrected chi connectivity index (χ2v) is 6.16. The third-order valence-electron chi connectivity index (χ3n) is 4.33. The zero-order valence-electron chi connectivity index (χ0n) is 13.4. The van der Waals surface area contributed by atoms with Crippen LogP contribution in [0.2, 0.25) is 0 Å². The first-order valence-electron chi connectivity index (χ1n) is 8.31. The Kier molecular flexibility index (Phi) is 4.04. The molecular weight excluding hydrogens is 304 g/mol. The lowest BCUT2D eigenvalue weighted by Gasteiger charge is -2.22. The van der Waals surface area contributed by atoms with Crippen molar-refractivity contribution >= 4 is 22.5 Å². The summed E-state index contributed by atoms with van der Waals surface area (Å²) in [5.41, 5.74) is 2.18. The van der Waals surface area contributed by atoms with Gasteiger partial charge in [-0.05, 0) is 31.4 Å². The van der Waals surface area contributed by atoms with Gasteiger partial charge in [0.15, 0.2) is 0 Å². The standard InChI is InChI=1S/C18H20N4O2/c23-18(17-9-13-5-1-2-7-16(13)21-17)20-14-10-19-22(11-14)12-15-6-3-4-8-24-15/h1-2,5,7,9-11,15,21H,3-4,6,8,12H2,(H,20,23). The molecule has 3 heterocycles. The Hall–Kier alpha value is -2.60. The molecule has 0 bridgehead atoms. The predicted molar refractivity (Wildman–Crippen MR) is 92.1 cm³/mol. The van der Waals surface area contributed by atoms with E-state index >= 15 is 0 Å². The molecule has 1 unspecified atom stereocenters. The maximum absolute atomic E-state index is 12.4. The number of carbonyl (C=O) groups excluding carboxylic acids is 1. The average Bonchev–Trinajstić information content (AvgIpc) is 3.22. The monoisotopic (exact) mass is 324 g/mol. The van der Waals surface area contributed by atoms with Gasteiger partial charge in [-0.25, -0.2) is 0 Å². The third kappa shape index (κ3) is 3.19. The van der Waals surface area contributed by atoms with Crippen LogP contribution in [0.4, 0.5) is 5.69 Å². The zero-order valence-corrected chi connectivity index (χ0v) is 13.4. The van der Waals surface area contributed by atoms with Crippen LogP contribution >= 0.6 is 0 Å². The van der Waals surface area contributed by atoms with E-state index in [4.69, 9.17) is 4.74 Å². The number of nitrogens with one attached hydrogen (secondary N) is 2. The van der Waals surface area contributed by atoms with E-state index in [0.29, 0.717) is 11.4 Å². The van der Waals surface area contributed by atoms with Crippen molar-refractivity contribution in [2.75, 3.05) is 11.9 Å². The molecule has 0 aliphatic carbocycles. The summed E-state index contributed by atoms with van der Waals surface area (Å²) >= 11 is 0. The summed E-state index contributed by atoms with van der Waals surface area (Å²) in [4.78, 5) is 15.5. The highest BCUT2D eigenvalue weighted by Gasteiger charge is 2.15. The number of aromatic nitrogens is 3. The van der Waals surface area contributed by atoms with Crippen LogP contribution in [0, 0.1) is 0 Å². The van der Waals surface area contributed by atoms with E-state index in [-0.39, 0.29) is 12.0 Å². The fourth-order valence-electron chi connectivity index (χ4n) is 3.08. The molecule has 1 amide bonds. The Morgan fingerprint density at radius 1 is 1.38 bits per heavy atom. The van der Waals surface area contributed by atoms with Crippen LogP contribution in [-0.2, 0) is 11.3 Å². The van der Waals surface area contributed by atoms with E-state index in [9.17, 15) is 4.79 Å². The minimum atomic E-state index is -0.167. The first kappa shape index (κ1) is 15.0. The van der Waals surface area contributed by atoms with Gasteiger partial charge in [-0.15, -0.1) is 0 Å². The molecule has 124 valence electrons. The third-order valence-corrected chi connectivity index (χ3v) is 4.33. The lowest BCUT2D eigenvalue weighted by molar-refractivity contribution is 0.00401. The summed E-state index contributed by atoms with van der Waals surface area (Å²) in [7, 11) is 0. The largest absolute Gasteiger partial charge is 0.376 e. The van der Waals surface area contributed by atoms with Crippen LogP contribution in [-0.4, -0.2) is 33.4 Å². The Morgan fingerprint density at radius 3 is 3.12 bits per heavy atom. The van der Waals surface area contributed by atoms with Crippen LogP contribution in [0.1, 0.15) is 29.8 Å². The maximum Gasteiger partial charge on any atom is 0.272 e. The maximum atomic E-state index is 12.4. The van der Waals surface area contributed by atoms with E-state index in [0.717, 1.165) is 36.9 Å². The molecule has 1 fully saturated rings. The molecule has 2 N–H and O–H groups in total. The molecule has 0 spiro atoms. The molecule has 24 heavy (non-hydrogen) atoms. The minimum absolute atomic E-state index is 0.167. The van der Waals surface area contributed by atoms with Crippen molar-refractivity contribution in [1.29, 1.82) is 0 Å². The second-order valence-electron chi connectivity index (χ2n) is 6.16. The number of benzene rings is 1. The van der Waals surface area contributed by atoms with Gasteiger partial charge in [0.1, 0.15) is 5.69 Å². The highest BCUT2D eigenvalue weighted by atomic mass is 16.5. The molecule has 1 atom stereocenters. The number of anilines is 1. The number of hydrogen-bond donors (Lipinski definition) is 2. The molecule has 1 aliphatic heterocycles. The van der Waals surface area contributed by atoms with Crippen molar-refractivity contribution in [2.45, 2.75) is 31.9 Å². The van der Waals surface area contributed by atoms with E-state index in [2.05, 4.69) is 15.4 Å². The number of amides is 1. The molecule has 1 saturated heterocycles. The van der Waals surface area contributed by atoms with E-state index in [1.165, 1.54) is 6.42 Å². The number of carbonyl (C=O) groups is 1. The first-order chi connectivity index (χ1) is 11.8. The average molecular weight is 324 g/mol. The van der Waals surface area contributed by atoms with Crippen LogP contribution < -0.4 is 5.32 Å². The minimum Gasteiger partial charge on any atom is -0.376 e. The molecule has 0 radical (unpaired) electrons. The summed E-state index contributed by atoms with van der Waals surface area (Å²) in [5, 5.41) is 8.22. The number of hydrogen-bond acceptors (Lipinski definition) is 3. The molecule has 3 aromatic rings. The van der Waals surface area contributed by atoms with Crippen LogP contribution in [0.25, 0.3) is 10.9 Å². The number of nitrogens with zero attached hydrogens (tertiary/aromatic N) is 2. The number of ether oxygens (including phenoxy) is 1. The summed E-state index contributed by atoms with van der Waals surface area (Å²) in [5.74, 6) is -0.167. The number of rotatable bonds is 4. The summed E-state index contributed by atoms with van der Waals surface area (Å²) in [6, 6.07) is 9.68. The van der Waals surface area contributed by atoms with Crippen LogP contribution in [0.15, 0.2) is 42.7 Å². The smallest absolute Gasteiger partial charge is 0.272 e. The second kappa shape index (κ2) is 6.49. The zero-order chi connectivity index (χ0) is 16.4. The molecule has 6 nitrogen and oxygen atoms in total. The molecule has 4 rings (SSSR count). The lowest BCUT2D eigenvalue weighted by atomic mass is 10.1. The molecule has 1 aromatic carbocycles. The Morgan fingerprint density at radius 2 is 2.29 bits per heavy atom. The Labute approximate surface area is 139 Å². The van der Waals surface area contributed by atoms with Gasteiger partial charge in [-0.1, -0.05) is 18.2 Å². The molecular formula is C18H20N4O2. The first-order valence-corrected chi connectivity index (χ1v) is 8.31. The highest BCUT2D eigenvalue weighted by molar-refractivity contribution is 6.05. The lowest BCUT2D eigenvalue weighted by Crippen LogP contribution is -2.24. The van der Waals surface area contributed by atoms with Gasteiger partial charge in [0, 0.05) is 23.7 Å². The van der Waals surface area contributed by atoms with Gasteiger partial charge < -0.3 is 15.0 Å². The Balaban J connectivity index is 1.42. The fraction of sp³-hybridized carbons (Fsp3) is 0.333. The van der Waals surface area contributed by atoms with Crippen LogP contribution in [0.5, 0.6) is 0 Å². The van der Waals surface area contributed by atoms with Crippen LogP contribution in [0.3, 0.4) is 0 Å². The molecule has 1 aliphatic rings. The van der Waals surface area contributed by atoms with Crippen molar-refractivity contribution in [1.82, 2.24) is 14.8 Å². The SMILES string of the molecule is O=C(Nc1cnn(CC2CCCCO2)c1)c1cc2ccccc2[nH]1. The van der Waals surface area contributed by atoms with Crippen molar-refractivity contribution in [3.63, 3.8) is 0 Å². The van der Waals surface area contributed by atoms with Gasteiger partial charge in [-0.3, -0.25) is 9.48 Å². The van der Waals surface area contributed by atoms with Crippen molar-refractivity contribution < 1.29 is 9.53 Å². The number of para-hydroxylation sites is 1. The molecule has 2 aromatic heterocycles. The normalized spacial score (nSPS) is 17.9. The van der Waals surface area contributed by atoms with Crippen molar-refractivity contribution in [2.24, 2.45) is 0 Å². The van der Waals surface area contributed by atoms with E-state index in [1.807, 2.05) is 41.2 Å². The summed E-state index contributed by atoms with van der Waals surface area (Å²) < 4.78 is 7.55. The number of fused-ring (bicyclic) bond motifs is 1. The number of aromatic amines is 1. The summed E-state index contributed by atoms with van der Waals surface area (Å²) in [6.07, 6.45) is 7.14.